The highest BCUT2D eigenvalue weighted by atomic mass is 16.7. The van der Waals surface area contributed by atoms with Crippen molar-refractivity contribution in [3.63, 3.8) is 0 Å². The highest BCUT2D eigenvalue weighted by molar-refractivity contribution is 5.80. The van der Waals surface area contributed by atoms with Crippen molar-refractivity contribution in [1.82, 2.24) is 25.2 Å². The van der Waals surface area contributed by atoms with E-state index in [1.165, 1.54) is 0 Å². The van der Waals surface area contributed by atoms with Crippen LogP contribution in [0.1, 0.15) is 30.3 Å². The minimum Gasteiger partial charge on any atom is -0.497 e. The summed E-state index contributed by atoms with van der Waals surface area (Å²) in [6.07, 6.45) is 3.32. The van der Waals surface area contributed by atoms with E-state index in [0.29, 0.717) is 36.4 Å². The van der Waals surface area contributed by atoms with Crippen LogP contribution in [0.3, 0.4) is 0 Å². The van der Waals surface area contributed by atoms with Gasteiger partial charge in [-0.1, -0.05) is 0 Å². The number of benzene rings is 1. The van der Waals surface area contributed by atoms with Crippen molar-refractivity contribution in [2.24, 2.45) is 4.99 Å². The first kappa shape index (κ1) is 19.8. The predicted molar refractivity (Wildman–Crippen MR) is 112 cm³/mol. The Labute approximate surface area is 179 Å². The number of rotatable bonds is 5. The Bertz CT molecular complexity index is 1100. The number of likely N-dealkylation sites (tertiary alicyclic amines) is 1. The summed E-state index contributed by atoms with van der Waals surface area (Å²) in [5.74, 6) is 2.57. The summed E-state index contributed by atoms with van der Waals surface area (Å²) >= 11 is 0. The van der Waals surface area contributed by atoms with Gasteiger partial charge in [-0.25, -0.2) is 25.3 Å². The predicted octanol–water partition coefficient (Wildman–Crippen LogP) is 2.45. The van der Waals surface area contributed by atoms with Gasteiger partial charge in [0.1, 0.15) is 17.5 Å². The van der Waals surface area contributed by atoms with Gasteiger partial charge >= 0.3 is 0 Å². The zero-order valence-corrected chi connectivity index (χ0v) is 17.9. The fraction of sp³-hybridized carbons (Fsp3) is 0.476. The van der Waals surface area contributed by atoms with E-state index >= 15 is 0 Å². The van der Waals surface area contributed by atoms with Gasteiger partial charge < -0.3 is 23.4 Å². The Balaban J connectivity index is 1.42. The molecule has 10 nitrogen and oxygen atoms in total. The maximum atomic E-state index is 5.97. The number of oxazole rings is 2. The first-order valence-corrected chi connectivity index (χ1v) is 10.3. The Kier molecular flexibility index (Phi) is 5.03. The van der Waals surface area contributed by atoms with Crippen LogP contribution in [0.15, 0.2) is 38.3 Å². The van der Waals surface area contributed by atoms with E-state index in [-0.39, 0.29) is 0 Å². The van der Waals surface area contributed by atoms with E-state index in [9.17, 15) is 0 Å². The third-order valence-electron chi connectivity index (χ3n) is 5.69. The molecule has 1 fully saturated rings. The van der Waals surface area contributed by atoms with Crippen LogP contribution in [0.5, 0.6) is 5.75 Å². The molecule has 0 atom stereocenters. The van der Waals surface area contributed by atoms with E-state index in [0.717, 1.165) is 42.9 Å². The van der Waals surface area contributed by atoms with Crippen molar-refractivity contribution in [3.05, 3.63) is 41.9 Å². The number of nitrogens with one attached hydrogen (secondary N) is 1. The summed E-state index contributed by atoms with van der Waals surface area (Å²) in [6.45, 7) is 4.57. The Morgan fingerprint density at radius 3 is 2.81 bits per heavy atom. The second-order valence-corrected chi connectivity index (χ2v) is 8.04. The number of ether oxygens (including phenoxy) is 1. The minimum absolute atomic E-state index is 0.397. The topological polar surface area (TPSA) is 101 Å². The van der Waals surface area contributed by atoms with Crippen molar-refractivity contribution in [1.29, 1.82) is 0 Å². The summed E-state index contributed by atoms with van der Waals surface area (Å²) < 4.78 is 16.6. The molecule has 1 saturated heterocycles. The number of fused-ring (bicyclic) bond motifs is 1. The summed E-state index contributed by atoms with van der Waals surface area (Å²) in [6, 6.07) is 5.57. The van der Waals surface area contributed by atoms with Crippen LogP contribution in [0.25, 0.3) is 11.1 Å². The van der Waals surface area contributed by atoms with Crippen molar-refractivity contribution in [2.75, 3.05) is 27.2 Å². The summed E-state index contributed by atoms with van der Waals surface area (Å²) in [7, 11) is 3.74. The third-order valence-corrected chi connectivity index (χ3v) is 5.69. The first-order valence-electron chi connectivity index (χ1n) is 10.3. The van der Waals surface area contributed by atoms with E-state index < -0.39 is 5.72 Å². The Morgan fingerprint density at radius 2 is 2.06 bits per heavy atom. The molecule has 164 valence electrons. The van der Waals surface area contributed by atoms with Crippen LogP contribution in [0.2, 0.25) is 0 Å². The van der Waals surface area contributed by atoms with Gasteiger partial charge in [-0.2, -0.15) is 0 Å². The maximum absolute atomic E-state index is 5.97. The van der Waals surface area contributed by atoms with Crippen molar-refractivity contribution in [3.8, 4) is 5.75 Å². The number of piperidine rings is 1. The molecule has 5 rings (SSSR count). The molecular weight excluding hydrogens is 400 g/mol. The molecule has 4 heterocycles. The number of hydroxylamine groups is 1. The average Bonchev–Trinajstić information content (AvgIpc) is 3.48. The molecule has 0 amide bonds. The molecule has 31 heavy (non-hydrogen) atoms. The molecule has 0 saturated carbocycles. The second kappa shape index (κ2) is 7.86. The van der Waals surface area contributed by atoms with Crippen LogP contribution in [-0.2, 0) is 17.9 Å². The average molecular weight is 426 g/mol. The molecule has 0 aliphatic carbocycles. The summed E-state index contributed by atoms with van der Waals surface area (Å²) in [4.78, 5) is 24.2. The summed E-state index contributed by atoms with van der Waals surface area (Å²) in [5, 5.41) is 0. The lowest BCUT2D eigenvalue weighted by Gasteiger charge is -2.33. The van der Waals surface area contributed by atoms with Crippen molar-refractivity contribution >= 4 is 17.1 Å². The fourth-order valence-corrected chi connectivity index (χ4v) is 3.89. The normalized spacial score (nSPS) is 18.4. The maximum Gasteiger partial charge on any atom is 0.222 e. The molecule has 3 aromatic rings. The van der Waals surface area contributed by atoms with Crippen LogP contribution in [0, 0.1) is 6.92 Å². The number of aliphatic imine (C=N–C) groups is 1. The van der Waals surface area contributed by atoms with Gasteiger partial charge in [0.2, 0.25) is 11.9 Å². The molecule has 0 unspecified atom stereocenters. The smallest absolute Gasteiger partial charge is 0.222 e. The molecule has 2 aliphatic rings. The van der Waals surface area contributed by atoms with E-state index in [4.69, 9.17) is 23.4 Å². The third kappa shape index (κ3) is 4.08. The molecular formula is C21H26N6O4. The zero-order valence-electron chi connectivity index (χ0n) is 17.9. The highest BCUT2D eigenvalue weighted by Crippen LogP contribution is 2.31. The standard InChI is InChI=1S/C21H26N6O4/c1-14-22-15(13-29-14)11-27(20-24-21(31-25-20)6-8-26(2)9-7-21)12-19-23-17-10-16(28-3)4-5-18(17)30-19/h4-5,10,13H,6-9,11-12H2,1-3H3,(H,24,25). The lowest BCUT2D eigenvalue weighted by atomic mass is 10.0. The largest absolute Gasteiger partial charge is 0.497 e. The number of nitrogens with zero attached hydrogens (tertiary/aromatic N) is 5. The van der Waals surface area contributed by atoms with Gasteiger partial charge in [0.25, 0.3) is 0 Å². The van der Waals surface area contributed by atoms with Crippen molar-refractivity contribution < 1.29 is 18.4 Å². The number of hydrogen-bond acceptors (Lipinski definition) is 10. The van der Waals surface area contributed by atoms with Gasteiger partial charge in [-0.15, -0.1) is 0 Å². The first-order chi connectivity index (χ1) is 15.0. The van der Waals surface area contributed by atoms with Crippen LogP contribution >= 0.6 is 0 Å². The number of methoxy groups -OCH3 is 1. The molecule has 0 bridgehead atoms. The number of aryl methyl sites for hydroxylation is 1. The Hall–Kier alpha value is -3.11. The second-order valence-electron chi connectivity index (χ2n) is 8.04. The Morgan fingerprint density at radius 1 is 1.23 bits per heavy atom. The number of hydrogen-bond donors (Lipinski definition) is 1. The van der Waals surface area contributed by atoms with Gasteiger partial charge in [0, 0.05) is 38.9 Å². The number of guanidine groups is 1. The van der Waals surface area contributed by atoms with Crippen LogP contribution in [0.4, 0.5) is 0 Å². The van der Waals surface area contributed by atoms with Crippen molar-refractivity contribution in [2.45, 2.75) is 38.6 Å². The zero-order chi connectivity index (χ0) is 21.4. The lowest BCUT2D eigenvalue weighted by molar-refractivity contribution is -0.0875. The van der Waals surface area contributed by atoms with Crippen LogP contribution in [-0.4, -0.2) is 58.7 Å². The molecule has 1 N–H and O–H groups in total. The van der Waals surface area contributed by atoms with Gasteiger partial charge in [0.15, 0.2) is 17.2 Å². The quantitative estimate of drug-likeness (QED) is 0.659. The molecule has 1 aromatic carbocycles. The van der Waals surface area contributed by atoms with Gasteiger partial charge in [0.05, 0.1) is 25.9 Å². The highest BCUT2D eigenvalue weighted by Gasteiger charge is 2.41. The molecule has 10 heteroatoms. The van der Waals surface area contributed by atoms with Gasteiger partial charge in [-0.3, -0.25) is 0 Å². The lowest BCUT2D eigenvalue weighted by Crippen LogP contribution is -2.43. The minimum atomic E-state index is -0.533. The molecule has 1 spiro atoms. The van der Waals surface area contributed by atoms with Gasteiger partial charge in [-0.05, 0) is 19.2 Å². The molecule has 2 aromatic heterocycles. The molecule has 0 radical (unpaired) electrons. The fourth-order valence-electron chi connectivity index (χ4n) is 3.89. The SMILES string of the molecule is COc1ccc2oc(CN(Cc3coc(C)n3)C3=NC4(CCN(C)CC4)ON3)nc2c1. The number of aromatic nitrogens is 2. The van der Waals surface area contributed by atoms with E-state index in [1.807, 2.05) is 30.0 Å². The summed E-state index contributed by atoms with van der Waals surface area (Å²) in [5.41, 5.74) is 4.76. The van der Waals surface area contributed by atoms with E-state index in [1.54, 1.807) is 13.4 Å². The van der Waals surface area contributed by atoms with E-state index in [2.05, 4.69) is 27.4 Å². The van der Waals surface area contributed by atoms with Crippen LogP contribution < -0.4 is 10.2 Å². The molecule has 2 aliphatic heterocycles. The monoisotopic (exact) mass is 426 g/mol.